The van der Waals surface area contributed by atoms with Crippen molar-refractivity contribution in [3.05, 3.63) is 11.6 Å². The predicted molar refractivity (Wildman–Crippen MR) is 66.1 cm³/mol. The standard InChI is InChI=1S/C14H23NO/c16-14(13-9-5-2-6-10-13)15-11-12-7-3-1-4-8-12/h7,13H,1-6,8-11H2,(H,15,16). The fraction of sp³-hybridized carbons (Fsp3) is 0.786. The molecule has 1 saturated carbocycles. The van der Waals surface area contributed by atoms with E-state index < -0.39 is 0 Å². The molecule has 1 fully saturated rings. The molecule has 2 heteroatoms. The molecule has 2 rings (SSSR count). The van der Waals surface area contributed by atoms with Crippen molar-refractivity contribution in [1.82, 2.24) is 5.32 Å². The van der Waals surface area contributed by atoms with Crippen molar-refractivity contribution in [2.24, 2.45) is 5.92 Å². The van der Waals surface area contributed by atoms with E-state index in [9.17, 15) is 4.79 Å². The Bertz CT molecular complexity index is 264. The number of nitrogens with one attached hydrogen (secondary N) is 1. The monoisotopic (exact) mass is 221 g/mol. The van der Waals surface area contributed by atoms with Gasteiger partial charge < -0.3 is 5.32 Å². The lowest BCUT2D eigenvalue weighted by Crippen LogP contribution is -2.33. The van der Waals surface area contributed by atoms with Gasteiger partial charge in [0.15, 0.2) is 0 Å². The van der Waals surface area contributed by atoms with Gasteiger partial charge in [-0.15, -0.1) is 0 Å². The molecule has 0 aromatic rings. The van der Waals surface area contributed by atoms with Crippen molar-refractivity contribution < 1.29 is 4.79 Å². The van der Waals surface area contributed by atoms with Gasteiger partial charge >= 0.3 is 0 Å². The highest BCUT2D eigenvalue weighted by Crippen LogP contribution is 2.24. The molecule has 0 saturated heterocycles. The van der Waals surface area contributed by atoms with E-state index >= 15 is 0 Å². The summed E-state index contributed by atoms with van der Waals surface area (Å²) in [6, 6.07) is 0. The van der Waals surface area contributed by atoms with Gasteiger partial charge in [-0.3, -0.25) is 4.79 Å². The molecular formula is C14H23NO. The van der Waals surface area contributed by atoms with Crippen LogP contribution >= 0.6 is 0 Å². The normalized spacial score (nSPS) is 22.6. The van der Waals surface area contributed by atoms with E-state index in [0.717, 1.165) is 19.4 Å². The molecule has 0 aromatic heterocycles. The predicted octanol–water partition coefficient (Wildman–Crippen LogP) is 3.18. The van der Waals surface area contributed by atoms with Crippen LogP contribution in [0.25, 0.3) is 0 Å². The largest absolute Gasteiger partial charge is 0.352 e. The zero-order valence-corrected chi connectivity index (χ0v) is 10.1. The average molecular weight is 221 g/mol. The van der Waals surface area contributed by atoms with Gasteiger partial charge in [0.2, 0.25) is 5.91 Å². The van der Waals surface area contributed by atoms with Gasteiger partial charge in [0, 0.05) is 12.5 Å². The first-order valence-electron chi connectivity index (χ1n) is 6.82. The Labute approximate surface area is 98.5 Å². The molecule has 2 aliphatic rings. The van der Waals surface area contributed by atoms with Gasteiger partial charge in [-0.05, 0) is 38.5 Å². The Kier molecular flexibility index (Phi) is 4.44. The summed E-state index contributed by atoms with van der Waals surface area (Å²) < 4.78 is 0. The fourth-order valence-electron chi connectivity index (χ4n) is 2.77. The van der Waals surface area contributed by atoms with E-state index in [1.165, 1.54) is 50.5 Å². The van der Waals surface area contributed by atoms with Crippen LogP contribution in [0.5, 0.6) is 0 Å². The van der Waals surface area contributed by atoms with Crippen LogP contribution in [0.3, 0.4) is 0 Å². The summed E-state index contributed by atoms with van der Waals surface area (Å²) in [6.45, 7) is 0.801. The molecule has 2 aliphatic carbocycles. The number of hydrogen-bond donors (Lipinski definition) is 1. The highest BCUT2D eigenvalue weighted by molar-refractivity contribution is 5.78. The molecule has 0 radical (unpaired) electrons. The minimum Gasteiger partial charge on any atom is -0.352 e. The second kappa shape index (κ2) is 6.07. The Hall–Kier alpha value is -0.790. The Morgan fingerprint density at radius 1 is 1.19 bits per heavy atom. The molecule has 0 bridgehead atoms. The lowest BCUT2D eigenvalue weighted by atomic mass is 9.88. The summed E-state index contributed by atoms with van der Waals surface area (Å²) in [7, 11) is 0. The van der Waals surface area contributed by atoms with Crippen LogP contribution in [-0.2, 0) is 4.79 Å². The van der Waals surface area contributed by atoms with E-state index in [1.807, 2.05) is 0 Å². The number of hydrogen-bond acceptors (Lipinski definition) is 1. The Morgan fingerprint density at radius 2 is 2.00 bits per heavy atom. The average Bonchev–Trinajstić information content (AvgIpc) is 2.38. The number of rotatable bonds is 3. The van der Waals surface area contributed by atoms with Crippen LogP contribution in [0.15, 0.2) is 11.6 Å². The van der Waals surface area contributed by atoms with Crippen molar-refractivity contribution in [2.75, 3.05) is 6.54 Å². The van der Waals surface area contributed by atoms with Gasteiger partial charge in [0.05, 0.1) is 0 Å². The SMILES string of the molecule is O=C(NCC1=CCCCC1)C1CCCCC1. The lowest BCUT2D eigenvalue weighted by Gasteiger charge is -2.21. The molecular weight excluding hydrogens is 198 g/mol. The first kappa shape index (κ1) is 11.7. The zero-order valence-electron chi connectivity index (χ0n) is 10.1. The third-order valence-corrected chi connectivity index (χ3v) is 3.85. The first-order chi connectivity index (χ1) is 7.86. The van der Waals surface area contributed by atoms with Crippen molar-refractivity contribution in [1.29, 1.82) is 0 Å². The zero-order chi connectivity index (χ0) is 11.2. The second-order valence-corrected chi connectivity index (χ2v) is 5.16. The van der Waals surface area contributed by atoms with Gasteiger partial charge in [-0.25, -0.2) is 0 Å². The highest BCUT2D eigenvalue weighted by atomic mass is 16.1. The molecule has 1 amide bonds. The number of carbonyl (C=O) groups is 1. The molecule has 0 unspecified atom stereocenters. The number of carbonyl (C=O) groups excluding carboxylic acids is 1. The van der Waals surface area contributed by atoms with Crippen LogP contribution in [0.4, 0.5) is 0 Å². The van der Waals surface area contributed by atoms with Crippen molar-refractivity contribution >= 4 is 5.91 Å². The summed E-state index contributed by atoms with van der Waals surface area (Å²) in [5.74, 6) is 0.601. The minimum atomic E-state index is 0.297. The second-order valence-electron chi connectivity index (χ2n) is 5.16. The van der Waals surface area contributed by atoms with Gasteiger partial charge in [-0.1, -0.05) is 30.9 Å². The van der Waals surface area contributed by atoms with Crippen LogP contribution in [0.2, 0.25) is 0 Å². The summed E-state index contributed by atoms with van der Waals surface area (Å²) in [5, 5.41) is 3.11. The number of amides is 1. The molecule has 0 heterocycles. The van der Waals surface area contributed by atoms with E-state index in [1.54, 1.807) is 0 Å². The topological polar surface area (TPSA) is 29.1 Å². The molecule has 0 spiro atoms. The van der Waals surface area contributed by atoms with Gasteiger partial charge in [0.25, 0.3) is 0 Å². The summed E-state index contributed by atoms with van der Waals surface area (Å²) >= 11 is 0. The van der Waals surface area contributed by atoms with Crippen LogP contribution in [0, 0.1) is 5.92 Å². The molecule has 0 aliphatic heterocycles. The molecule has 1 N–H and O–H groups in total. The van der Waals surface area contributed by atoms with Gasteiger partial charge in [-0.2, -0.15) is 0 Å². The number of allylic oxidation sites excluding steroid dienone is 1. The highest BCUT2D eigenvalue weighted by Gasteiger charge is 2.20. The minimum absolute atomic E-state index is 0.297. The van der Waals surface area contributed by atoms with Crippen LogP contribution in [-0.4, -0.2) is 12.5 Å². The molecule has 2 nitrogen and oxygen atoms in total. The van der Waals surface area contributed by atoms with Crippen molar-refractivity contribution in [3.8, 4) is 0 Å². The van der Waals surface area contributed by atoms with E-state index in [4.69, 9.17) is 0 Å². The fourth-order valence-corrected chi connectivity index (χ4v) is 2.77. The van der Waals surface area contributed by atoms with E-state index in [-0.39, 0.29) is 0 Å². The summed E-state index contributed by atoms with van der Waals surface area (Å²) in [6.07, 6.45) is 13.3. The summed E-state index contributed by atoms with van der Waals surface area (Å²) in [4.78, 5) is 11.9. The molecule has 0 atom stereocenters. The van der Waals surface area contributed by atoms with Gasteiger partial charge in [0.1, 0.15) is 0 Å². The van der Waals surface area contributed by atoms with Crippen LogP contribution < -0.4 is 5.32 Å². The Morgan fingerprint density at radius 3 is 2.69 bits per heavy atom. The van der Waals surface area contributed by atoms with Crippen molar-refractivity contribution in [3.63, 3.8) is 0 Å². The lowest BCUT2D eigenvalue weighted by molar-refractivity contribution is -0.125. The first-order valence-corrected chi connectivity index (χ1v) is 6.82. The van der Waals surface area contributed by atoms with Crippen molar-refractivity contribution in [2.45, 2.75) is 57.8 Å². The maximum absolute atomic E-state index is 11.9. The smallest absolute Gasteiger partial charge is 0.223 e. The van der Waals surface area contributed by atoms with Crippen LogP contribution in [0.1, 0.15) is 57.8 Å². The van der Waals surface area contributed by atoms with E-state index in [0.29, 0.717) is 11.8 Å². The summed E-state index contributed by atoms with van der Waals surface area (Å²) in [5.41, 5.74) is 1.44. The molecule has 16 heavy (non-hydrogen) atoms. The quantitative estimate of drug-likeness (QED) is 0.729. The maximum Gasteiger partial charge on any atom is 0.223 e. The molecule has 0 aromatic carbocycles. The van der Waals surface area contributed by atoms with E-state index in [2.05, 4.69) is 11.4 Å². The maximum atomic E-state index is 11.9. The molecule has 90 valence electrons. The third-order valence-electron chi connectivity index (χ3n) is 3.85. The third kappa shape index (κ3) is 3.36. The Balaban J connectivity index is 1.72.